The molecule has 1 nitrogen and oxygen atoms in total. The Kier molecular flexibility index (Phi) is 8.78. The van der Waals surface area contributed by atoms with E-state index in [0.29, 0.717) is 5.88 Å². The second kappa shape index (κ2) is 10.8. The lowest BCUT2D eigenvalue weighted by Gasteiger charge is -2.34. The summed E-state index contributed by atoms with van der Waals surface area (Å²) in [6.07, 6.45) is 9.72. The molecule has 1 saturated heterocycles. The SMILES string of the molecule is C=C(CCC1CCN(C(=C)CCl)CC1)c1ccc(CCCC)c(CC)c1. The first-order valence-electron chi connectivity index (χ1n) is 10.4. The molecule has 1 aliphatic heterocycles. The van der Waals surface area contributed by atoms with E-state index in [1.165, 1.54) is 60.8 Å². The number of nitrogens with zero attached hydrogens (tertiary/aromatic N) is 1. The van der Waals surface area contributed by atoms with E-state index in [9.17, 15) is 0 Å². The Morgan fingerprint density at radius 1 is 1.15 bits per heavy atom. The molecule has 1 aromatic rings. The highest BCUT2D eigenvalue weighted by atomic mass is 35.5. The van der Waals surface area contributed by atoms with Crippen LogP contribution in [0.1, 0.15) is 69.1 Å². The summed E-state index contributed by atoms with van der Waals surface area (Å²) in [6, 6.07) is 7.02. The van der Waals surface area contributed by atoms with Gasteiger partial charge in [0.25, 0.3) is 0 Å². The van der Waals surface area contributed by atoms with Crippen molar-refractivity contribution in [3.05, 3.63) is 53.7 Å². The zero-order valence-electron chi connectivity index (χ0n) is 16.8. The predicted octanol–water partition coefficient (Wildman–Crippen LogP) is 6.85. The molecule has 0 N–H and O–H groups in total. The summed E-state index contributed by atoms with van der Waals surface area (Å²) in [4.78, 5) is 2.35. The minimum absolute atomic E-state index is 0.551. The molecule has 0 bridgehead atoms. The van der Waals surface area contributed by atoms with Crippen LogP contribution >= 0.6 is 11.6 Å². The molecule has 144 valence electrons. The van der Waals surface area contributed by atoms with Gasteiger partial charge in [0.15, 0.2) is 0 Å². The number of rotatable bonds is 10. The van der Waals surface area contributed by atoms with E-state index in [1.807, 2.05) is 0 Å². The highest BCUT2D eigenvalue weighted by molar-refractivity contribution is 6.19. The second-order valence-electron chi connectivity index (χ2n) is 7.71. The van der Waals surface area contributed by atoms with E-state index in [4.69, 9.17) is 11.6 Å². The van der Waals surface area contributed by atoms with Crippen molar-refractivity contribution in [2.75, 3.05) is 19.0 Å². The fourth-order valence-corrected chi connectivity index (χ4v) is 4.10. The molecule has 0 radical (unpaired) electrons. The van der Waals surface area contributed by atoms with Crippen molar-refractivity contribution in [3.8, 4) is 0 Å². The van der Waals surface area contributed by atoms with Gasteiger partial charge in [-0.15, -0.1) is 11.6 Å². The van der Waals surface area contributed by atoms with E-state index in [1.54, 1.807) is 0 Å². The van der Waals surface area contributed by atoms with E-state index >= 15 is 0 Å². The standard InChI is InChI=1S/C24H36ClN/c1-5-7-8-23-11-12-24(17-22(23)6-2)19(3)9-10-21-13-15-26(16-14-21)20(4)18-25/h11-12,17,21H,3-10,13-16,18H2,1-2H3. The van der Waals surface area contributed by atoms with Crippen LogP contribution in [-0.2, 0) is 12.8 Å². The van der Waals surface area contributed by atoms with Crippen LogP contribution in [0, 0.1) is 5.92 Å². The Morgan fingerprint density at radius 3 is 2.50 bits per heavy atom. The van der Waals surface area contributed by atoms with Crippen LogP contribution in [-0.4, -0.2) is 23.9 Å². The van der Waals surface area contributed by atoms with Crippen LogP contribution in [0.25, 0.3) is 5.57 Å². The largest absolute Gasteiger partial charge is 0.374 e. The number of alkyl halides is 1. The normalized spacial score (nSPS) is 15.3. The average Bonchev–Trinajstić information content (AvgIpc) is 2.70. The maximum atomic E-state index is 5.90. The fourth-order valence-electron chi connectivity index (χ4n) is 3.93. The average molecular weight is 374 g/mol. The maximum absolute atomic E-state index is 5.90. The predicted molar refractivity (Wildman–Crippen MR) is 117 cm³/mol. The molecular weight excluding hydrogens is 338 g/mol. The third-order valence-electron chi connectivity index (χ3n) is 5.87. The molecule has 1 heterocycles. The van der Waals surface area contributed by atoms with Crippen LogP contribution < -0.4 is 0 Å². The molecule has 0 spiro atoms. The van der Waals surface area contributed by atoms with Crippen LogP contribution in [0.5, 0.6) is 0 Å². The first-order valence-corrected chi connectivity index (χ1v) is 10.9. The number of likely N-dealkylation sites (tertiary alicyclic amines) is 1. The number of aryl methyl sites for hydroxylation is 2. The van der Waals surface area contributed by atoms with Crippen molar-refractivity contribution >= 4 is 17.2 Å². The molecule has 0 aromatic heterocycles. The van der Waals surface area contributed by atoms with Gasteiger partial charge in [-0.3, -0.25) is 0 Å². The quantitative estimate of drug-likeness (QED) is 0.405. The van der Waals surface area contributed by atoms with Gasteiger partial charge < -0.3 is 4.90 Å². The van der Waals surface area contributed by atoms with Crippen molar-refractivity contribution in [3.63, 3.8) is 0 Å². The summed E-state index contributed by atoms with van der Waals surface area (Å²) in [5.74, 6) is 1.36. The molecule has 1 fully saturated rings. The van der Waals surface area contributed by atoms with Crippen molar-refractivity contribution < 1.29 is 0 Å². The van der Waals surface area contributed by atoms with E-state index < -0.39 is 0 Å². The summed E-state index contributed by atoms with van der Waals surface area (Å²) >= 11 is 5.90. The van der Waals surface area contributed by atoms with Gasteiger partial charge in [-0.1, -0.05) is 51.6 Å². The third-order valence-corrected chi connectivity index (χ3v) is 6.17. The van der Waals surface area contributed by atoms with Gasteiger partial charge in [-0.25, -0.2) is 0 Å². The van der Waals surface area contributed by atoms with Crippen molar-refractivity contribution in [1.82, 2.24) is 4.90 Å². The zero-order valence-corrected chi connectivity index (χ0v) is 17.6. The zero-order chi connectivity index (χ0) is 18.9. The summed E-state index contributed by atoms with van der Waals surface area (Å²) in [5.41, 5.74) is 6.75. The topological polar surface area (TPSA) is 3.24 Å². The first-order chi connectivity index (χ1) is 12.6. The molecule has 1 aromatic carbocycles. The van der Waals surface area contributed by atoms with Gasteiger partial charge in [-0.05, 0) is 73.1 Å². The number of benzene rings is 1. The molecular formula is C24H36ClN. The van der Waals surface area contributed by atoms with Gasteiger partial charge in [0.1, 0.15) is 0 Å². The Morgan fingerprint density at radius 2 is 1.88 bits per heavy atom. The number of hydrogen-bond acceptors (Lipinski definition) is 1. The van der Waals surface area contributed by atoms with Gasteiger partial charge in [0, 0.05) is 18.8 Å². The number of piperidine rings is 1. The maximum Gasteiger partial charge on any atom is 0.0617 e. The van der Waals surface area contributed by atoms with E-state index in [-0.39, 0.29) is 0 Å². The molecule has 2 heteroatoms. The molecule has 0 atom stereocenters. The minimum atomic E-state index is 0.551. The molecule has 2 rings (SSSR count). The number of halogens is 1. The summed E-state index contributed by atoms with van der Waals surface area (Å²) in [7, 11) is 0. The Labute approximate surface area is 166 Å². The van der Waals surface area contributed by atoms with E-state index in [0.717, 1.165) is 37.5 Å². The van der Waals surface area contributed by atoms with Crippen molar-refractivity contribution in [2.45, 2.75) is 65.2 Å². The van der Waals surface area contributed by atoms with Gasteiger partial charge in [-0.2, -0.15) is 0 Å². The summed E-state index contributed by atoms with van der Waals surface area (Å²) in [5, 5.41) is 0. The smallest absolute Gasteiger partial charge is 0.0617 e. The van der Waals surface area contributed by atoms with Crippen molar-refractivity contribution in [2.24, 2.45) is 5.92 Å². The fraction of sp³-hybridized carbons (Fsp3) is 0.583. The monoisotopic (exact) mass is 373 g/mol. The molecule has 0 aliphatic carbocycles. The molecule has 0 saturated carbocycles. The number of unbranched alkanes of at least 4 members (excludes halogenated alkanes) is 1. The number of hydrogen-bond donors (Lipinski definition) is 0. The minimum Gasteiger partial charge on any atom is -0.374 e. The van der Waals surface area contributed by atoms with Gasteiger partial charge in [0.2, 0.25) is 0 Å². The van der Waals surface area contributed by atoms with Gasteiger partial charge in [0.05, 0.1) is 5.88 Å². The summed E-state index contributed by atoms with van der Waals surface area (Å²) in [6.45, 7) is 15.2. The molecule has 26 heavy (non-hydrogen) atoms. The van der Waals surface area contributed by atoms with Crippen LogP contribution in [0.15, 0.2) is 37.1 Å². The first kappa shape index (κ1) is 21.1. The van der Waals surface area contributed by atoms with Crippen molar-refractivity contribution in [1.29, 1.82) is 0 Å². The second-order valence-corrected chi connectivity index (χ2v) is 7.98. The third kappa shape index (κ3) is 5.91. The molecule has 1 aliphatic rings. The van der Waals surface area contributed by atoms with Gasteiger partial charge >= 0.3 is 0 Å². The summed E-state index contributed by atoms with van der Waals surface area (Å²) < 4.78 is 0. The Balaban J connectivity index is 1.85. The Hall–Kier alpha value is -1.21. The molecule has 0 unspecified atom stereocenters. The van der Waals surface area contributed by atoms with Crippen LogP contribution in [0.2, 0.25) is 0 Å². The van der Waals surface area contributed by atoms with E-state index in [2.05, 4.69) is 50.1 Å². The molecule has 0 amide bonds. The lowest BCUT2D eigenvalue weighted by molar-refractivity contribution is 0.222. The lowest BCUT2D eigenvalue weighted by Crippen LogP contribution is -2.33. The van der Waals surface area contributed by atoms with Crippen LogP contribution in [0.4, 0.5) is 0 Å². The van der Waals surface area contributed by atoms with Crippen LogP contribution in [0.3, 0.4) is 0 Å². The highest BCUT2D eigenvalue weighted by Gasteiger charge is 2.19. The number of allylic oxidation sites excluding steroid dienone is 2. The highest BCUT2D eigenvalue weighted by Crippen LogP contribution is 2.29. The Bertz CT molecular complexity index is 596. The lowest BCUT2D eigenvalue weighted by atomic mass is 9.88.